The van der Waals surface area contributed by atoms with Gasteiger partial charge >= 0.3 is 24.0 Å². The Labute approximate surface area is 472 Å². The molecule has 2 aliphatic rings. The highest BCUT2D eigenvalue weighted by atomic mass is 79.9. The van der Waals surface area contributed by atoms with Crippen molar-refractivity contribution in [3.8, 4) is 6.07 Å². The topological polar surface area (TPSA) is 190 Å². The number of halogens is 3. The molecule has 4 N–H and O–H groups in total. The van der Waals surface area contributed by atoms with Crippen molar-refractivity contribution in [3.05, 3.63) is 193 Å². The van der Waals surface area contributed by atoms with E-state index in [0.29, 0.717) is 49.3 Å². The first-order valence-electron chi connectivity index (χ1n) is 26.0. The van der Waals surface area contributed by atoms with Gasteiger partial charge in [-0.25, -0.2) is 9.59 Å². The molecule has 1 saturated carbocycles. The van der Waals surface area contributed by atoms with Gasteiger partial charge in [0, 0.05) is 51.4 Å². The van der Waals surface area contributed by atoms with Crippen molar-refractivity contribution in [3.63, 3.8) is 0 Å². The van der Waals surface area contributed by atoms with Crippen molar-refractivity contribution in [1.29, 1.82) is 5.26 Å². The molecule has 14 nitrogen and oxygen atoms in total. The summed E-state index contributed by atoms with van der Waals surface area (Å²) in [5.74, 6) is -2.07. The van der Waals surface area contributed by atoms with Crippen LogP contribution in [0.3, 0.4) is 0 Å². The van der Waals surface area contributed by atoms with Crippen LogP contribution < -0.4 is 31.1 Å². The Morgan fingerprint density at radius 2 is 1.12 bits per heavy atom. The number of nitrogens with one attached hydrogen (secondary N) is 4. The molecule has 0 radical (unpaired) electrons. The van der Waals surface area contributed by atoms with Crippen molar-refractivity contribution < 1.29 is 33.5 Å². The molecule has 1 fully saturated rings. The summed E-state index contributed by atoms with van der Waals surface area (Å²) in [6.45, 7) is 0.161. The SMILES string of the molecule is N#Cc1ccc(NC(=O)N(Cc2ccc(C(=O)NCCC(=O)OC(=O)CCNC(=O)c3ccc(CN(C(=O)Nc4ccc(Br)c(Cl)c4)c4ccc(C5CCCCC5)cc4)cc3)cc2)c2ccc(C3=CCCCC3)cc2)cc1Cl. The summed E-state index contributed by atoms with van der Waals surface area (Å²) in [4.78, 5) is 82.0. The largest absolute Gasteiger partial charge is 0.393 e. The molecule has 6 amide bonds. The summed E-state index contributed by atoms with van der Waals surface area (Å²) in [6, 6.07) is 40.5. The number of hydrogen-bond donors (Lipinski definition) is 4. The molecular formula is C61H58BrCl2N7O7. The molecule has 17 heteroatoms. The monoisotopic (exact) mass is 1150 g/mol. The van der Waals surface area contributed by atoms with Gasteiger partial charge in [-0.05, 0) is 173 Å². The second-order valence-corrected chi connectivity index (χ2v) is 20.8. The minimum Gasteiger partial charge on any atom is -0.393 e. The van der Waals surface area contributed by atoms with Crippen LogP contribution in [-0.2, 0) is 27.4 Å². The average molecular weight is 1150 g/mol. The third-order valence-electron chi connectivity index (χ3n) is 13.7. The Kier molecular flexibility index (Phi) is 19.9. The summed E-state index contributed by atoms with van der Waals surface area (Å²) >= 11 is 16.0. The number of rotatable bonds is 18. The standard InChI is InChI=1S/C61H58BrCl2N7O7/c62-53-30-25-50(36-55(53)64)69-61(77)71(52-28-22-45(23-29-52)43-9-5-2-6-10-43)39-41-13-17-47(18-14-41)59(75)67-34-32-57(73)78-56(72)31-33-66-58(74)46-15-11-40(12-16-46)38-70(60(76)68-49-24-19-48(37-65)54(63)35-49)51-26-20-44(21-27-51)42-7-3-1-4-8-42/h7,11-30,35-36,43H,1-6,8-10,31-34,38-39H2,(H,66,74)(H,67,75)(H,68,76)(H,69,77). The van der Waals surface area contributed by atoms with Crippen LogP contribution in [-0.4, -0.2) is 48.9 Å². The summed E-state index contributed by atoms with van der Waals surface area (Å²) in [7, 11) is 0. The minimum absolute atomic E-state index is 0.0938. The van der Waals surface area contributed by atoms with Crippen LogP contribution in [0.1, 0.15) is 125 Å². The van der Waals surface area contributed by atoms with Gasteiger partial charge in [0.15, 0.2) is 0 Å². The first-order chi connectivity index (χ1) is 37.8. The van der Waals surface area contributed by atoms with E-state index in [9.17, 15) is 34.0 Å². The van der Waals surface area contributed by atoms with Crippen LogP contribution >= 0.6 is 39.1 Å². The normalized spacial score (nSPS) is 13.2. The molecular weight excluding hydrogens is 1090 g/mol. The predicted molar refractivity (Wildman–Crippen MR) is 309 cm³/mol. The molecule has 6 aromatic rings. The molecule has 0 saturated heterocycles. The smallest absolute Gasteiger partial charge is 0.326 e. The maximum absolute atomic E-state index is 13.8. The lowest BCUT2D eigenvalue weighted by Gasteiger charge is -2.26. The molecule has 0 aromatic heterocycles. The number of carbonyl (C=O) groups excluding carboxylic acids is 6. The molecule has 0 aliphatic heterocycles. The lowest BCUT2D eigenvalue weighted by Crippen LogP contribution is -2.34. The first kappa shape index (κ1) is 56.4. The number of ether oxygens (including phenoxy) is 1. The lowest BCUT2D eigenvalue weighted by molar-refractivity contribution is -0.159. The van der Waals surface area contributed by atoms with Gasteiger partial charge in [0.1, 0.15) is 6.07 Å². The van der Waals surface area contributed by atoms with Gasteiger partial charge in [-0.1, -0.05) is 97.1 Å². The zero-order valence-corrected chi connectivity index (χ0v) is 45.9. The van der Waals surface area contributed by atoms with E-state index in [0.717, 1.165) is 48.8 Å². The number of urea groups is 2. The number of amides is 6. The number of nitriles is 1. The van der Waals surface area contributed by atoms with E-state index in [4.69, 9.17) is 27.9 Å². The third kappa shape index (κ3) is 15.7. The summed E-state index contributed by atoms with van der Waals surface area (Å²) in [5, 5.41) is 21.1. The molecule has 6 aromatic carbocycles. The van der Waals surface area contributed by atoms with Crippen molar-refractivity contribution in [2.24, 2.45) is 0 Å². The Bertz CT molecular complexity index is 3210. The zero-order chi connectivity index (χ0) is 55.0. The third-order valence-corrected chi connectivity index (χ3v) is 15.2. The second-order valence-electron chi connectivity index (χ2n) is 19.2. The minimum atomic E-state index is -0.841. The van der Waals surface area contributed by atoms with Gasteiger partial charge in [-0.2, -0.15) is 5.26 Å². The van der Waals surface area contributed by atoms with E-state index in [-0.39, 0.29) is 55.6 Å². The zero-order valence-electron chi connectivity index (χ0n) is 42.8. The highest BCUT2D eigenvalue weighted by Crippen LogP contribution is 2.35. The maximum Gasteiger partial charge on any atom is 0.326 e. The fourth-order valence-electron chi connectivity index (χ4n) is 9.40. The summed E-state index contributed by atoms with van der Waals surface area (Å²) < 4.78 is 5.64. The van der Waals surface area contributed by atoms with Crippen molar-refractivity contribution in [2.45, 2.75) is 89.6 Å². The van der Waals surface area contributed by atoms with E-state index in [1.807, 2.05) is 42.5 Å². The lowest BCUT2D eigenvalue weighted by atomic mass is 9.84. The van der Waals surface area contributed by atoms with Crippen LogP contribution in [0.25, 0.3) is 5.57 Å². The molecule has 2 aliphatic carbocycles. The Morgan fingerprint density at radius 3 is 1.60 bits per heavy atom. The van der Waals surface area contributed by atoms with Gasteiger partial charge < -0.3 is 26.0 Å². The molecule has 0 spiro atoms. The molecule has 0 unspecified atom stereocenters. The van der Waals surface area contributed by atoms with Gasteiger partial charge in [-0.15, -0.1) is 0 Å². The Hall–Kier alpha value is -7.77. The fraction of sp³-hybridized carbons (Fsp3) is 0.262. The van der Waals surface area contributed by atoms with Crippen molar-refractivity contribution in [1.82, 2.24) is 10.6 Å². The van der Waals surface area contributed by atoms with Gasteiger partial charge in [-0.3, -0.25) is 29.0 Å². The number of benzene rings is 6. The fourth-order valence-corrected chi connectivity index (χ4v) is 10.0. The highest BCUT2D eigenvalue weighted by molar-refractivity contribution is 9.10. The van der Waals surface area contributed by atoms with E-state index >= 15 is 0 Å². The van der Waals surface area contributed by atoms with Crippen molar-refractivity contribution in [2.75, 3.05) is 33.5 Å². The number of nitrogens with zero attached hydrogens (tertiary/aromatic N) is 3. The number of carbonyl (C=O) groups is 6. The van der Waals surface area contributed by atoms with Gasteiger partial charge in [0.05, 0.1) is 41.5 Å². The number of hydrogen-bond acceptors (Lipinski definition) is 8. The van der Waals surface area contributed by atoms with Gasteiger partial charge in [0.25, 0.3) is 11.8 Å². The van der Waals surface area contributed by atoms with E-state index in [1.165, 1.54) is 49.0 Å². The quantitative estimate of drug-likeness (QED) is 0.0483. The highest BCUT2D eigenvalue weighted by Gasteiger charge is 2.22. The molecule has 400 valence electrons. The second kappa shape index (κ2) is 27.5. The van der Waals surface area contributed by atoms with Crippen LogP contribution in [0.5, 0.6) is 0 Å². The van der Waals surface area contributed by atoms with Crippen LogP contribution in [0, 0.1) is 11.3 Å². The van der Waals surface area contributed by atoms with Crippen LogP contribution in [0.15, 0.2) is 144 Å². The summed E-state index contributed by atoms with van der Waals surface area (Å²) in [5.41, 5.74) is 8.38. The average Bonchev–Trinajstić information content (AvgIpc) is 3.45. The Morgan fingerprint density at radius 1 is 0.603 bits per heavy atom. The van der Waals surface area contributed by atoms with Crippen LogP contribution in [0.2, 0.25) is 10.0 Å². The molecule has 8 rings (SSSR count). The molecule has 0 heterocycles. The van der Waals surface area contributed by atoms with E-state index in [2.05, 4.69) is 55.4 Å². The maximum atomic E-state index is 13.8. The van der Waals surface area contributed by atoms with Gasteiger partial charge in [0.2, 0.25) is 0 Å². The predicted octanol–water partition coefficient (Wildman–Crippen LogP) is 14.1. The van der Waals surface area contributed by atoms with E-state index < -0.39 is 29.8 Å². The molecule has 78 heavy (non-hydrogen) atoms. The van der Waals surface area contributed by atoms with Crippen LogP contribution in [0.4, 0.5) is 32.3 Å². The van der Waals surface area contributed by atoms with Crippen molar-refractivity contribution >= 4 is 103 Å². The Balaban J connectivity index is 0.785. The summed E-state index contributed by atoms with van der Waals surface area (Å²) in [6.07, 6.45) is 12.1. The number of allylic oxidation sites excluding steroid dienone is 2. The number of anilines is 4. The number of esters is 2. The first-order valence-corrected chi connectivity index (χ1v) is 27.5. The molecule has 0 atom stereocenters. The van der Waals surface area contributed by atoms with E-state index in [1.54, 1.807) is 82.6 Å². The molecule has 0 bridgehead atoms.